The fraction of sp³-hybridized carbons (Fsp3) is 0.500. The molecule has 1 aromatic carbocycles. The zero-order valence-electron chi connectivity index (χ0n) is 12.9. The minimum atomic E-state index is 0.600. The summed E-state index contributed by atoms with van der Waals surface area (Å²) in [6.07, 6.45) is 2.98. The molecule has 0 saturated heterocycles. The Morgan fingerprint density at radius 3 is 2.24 bits per heavy atom. The fourth-order valence-corrected chi connectivity index (χ4v) is 2.59. The van der Waals surface area contributed by atoms with Gasteiger partial charge in [0.25, 0.3) is 0 Å². The van der Waals surface area contributed by atoms with Crippen LogP contribution in [0.3, 0.4) is 0 Å². The summed E-state index contributed by atoms with van der Waals surface area (Å²) in [5.41, 5.74) is 13.8. The molecule has 0 bridgehead atoms. The molecule has 2 rings (SSSR count). The van der Waals surface area contributed by atoms with E-state index in [0.717, 1.165) is 30.0 Å². The Hall–Kier alpha value is -1.72. The van der Waals surface area contributed by atoms with Crippen molar-refractivity contribution in [3.63, 3.8) is 0 Å². The maximum atomic E-state index is 5.72. The van der Waals surface area contributed by atoms with Crippen LogP contribution in [-0.2, 0) is 13.0 Å². The molecule has 0 saturated carbocycles. The number of hydrogen-bond donors (Lipinski definition) is 2. The van der Waals surface area contributed by atoms with E-state index in [0.29, 0.717) is 26.3 Å². The number of fused-ring (bicyclic) bond motifs is 1. The van der Waals surface area contributed by atoms with Crippen molar-refractivity contribution >= 4 is 10.9 Å². The van der Waals surface area contributed by atoms with E-state index in [1.807, 2.05) is 19.9 Å². The molecular weight excluding hydrogens is 266 g/mol. The molecule has 116 valence electrons. The molecule has 0 aliphatic heterocycles. The van der Waals surface area contributed by atoms with Crippen LogP contribution in [0.15, 0.2) is 18.3 Å². The molecule has 0 radical (unpaired) electrons. The number of nitrogens with zero attached hydrogens (tertiary/aromatic N) is 1. The van der Waals surface area contributed by atoms with Crippen molar-refractivity contribution < 1.29 is 9.47 Å². The molecule has 21 heavy (non-hydrogen) atoms. The lowest BCUT2D eigenvalue weighted by Gasteiger charge is -2.12. The first-order valence-corrected chi connectivity index (χ1v) is 7.56. The molecule has 0 spiro atoms. The van der Waals surface area contributed by atoms with E-state index in [9.17, 15) is 0 Å². The van der Waals surface area contributed by atoms with Gasteiger partial charge in [0.05, 0.1) is 18.7 Å². The van der Waals surface area contributed by atoms with E-state index in [4.69, 9.17) is 20.9 Å². The first-order valence-electron chi connectivity index (χ1n) is 7.56. The standard InChI is InChI=1S/C16H25N3O2/c1-3-20-15-9-13-12(5-6-17)11-19(8-7-18)14(13)10-16(15)21-4-2/h9-11H,3-8,17-18H2,1-2H3. The van der Waals surface area contributed by atoms with Gasteiger partial charge >= 0.3 is 0 Å². The van der Waals surface area contributed by atoms with E-state index < -0.39 is 0 Å². The third-order valence-corrected chi connectivity index (χ3v) is 3.41. The quantitative estimate of drug-likeness (QED) is 0.779. The van der Waals surface area contributed by atoms with E-state index in [-0.39, 0.29) is 0 Å². The number of nitrogens with two attached hydrogens (primary N) is 2. The zero-order chi connectivity index (χ0) is 15.2. The Bertz CT molecular complexity index is 543. The SMILES string of the molecule is CCOc1cc2c(CCN)cn(CCN)c2cc1OCC. The third-order valence-electron chi connectivity index (χ3n) is 3.41. The minimum Gasteiger partial charge on any atom is -0.490 e. The van der Waals surface area contributed by atoms with Crippen LogP contribution < -0.4 is 20.9 Å². The lowest BCUT2D eigenvalue weighted by atomic mass is 10.1. The van der Waals surface area contributed by atoms with Gasteiger partial charge in [0.15, 0.2) is 11.5 Å². The van der Waals surface area contributed by atoms with Crippen LogP contribution >= 0.6 is 0 Å². The molecule has 5 heteroatoms. The summed E-state index contributed by atoms with van der Waals surface area (Å²) in [7, 11) is 0. The van der Waals surface area contributed by atoms with Gasteiger partial charge in [-0.15, -0.1) is 0 Å². The smallest absolute Gasteiger partial charge is 0.163 e. The van der Waals surface area contributed by atoms with Crippen LogP contribution in [0.4, 0.5) is 0 Å². The normalized spacial score (nSPS) is 11.0. The largest absolute Gasteiger partial charge is 0.490 e. The molecule has 0 amide bonds. The van der Waals surface area contributed by atoms with Crippen LogP contribution in [0.2, 0.25) is 0 Å². The van der Waals surface area contributed by atoms with Crippen molar-refractivity contribution in [2.45, 2.75) is 26.8 Å². The van der Waals surface area contributed by atoms with Gasteiger partial charge in [0, 0.05) is 30.7 Å². The van der Waals surface area contributed by atoms with Crippen molar-refractivity contribution in [2.24, 2.45) is 11.5 Å². The molecule has 0 aliphatic carbocycles. The van der Waals surface area contributed by atoms with Gasteiger partial charge < -0.3 is 25.5 Å². The van der Waals surface area contributed by atoms with E-state index in [2.05, 4.69) is 16.8 Å². The summed E-state index contributed by atoms with van der Waals surface area (Å²) < 4.78 is 13.6. The average molecular weight is 291 g/mol. The Balaban J connectivity index is 2.58. The summed E-state index contributed by atoms with van der Waals surface area (Å²) in [6, 6.07) is 4.10. The van der Waals surface area contributed by atoms with Gasteiger partial charge in [0.2, 0.25) is 0 Å². The van der Waals surface area contributed by atoms with Gasteiger partial charge in [-0.3, -0.25) is 0 Å². The predicted octanol–water partition coefficient (Wildman–Crippen LogP) is 1.90. The zero-order valence-corrected chi connectivity index (χ0v) is 12.9. The molecule has 1 heterocycles. The number of benzene rings is 1. The fourth-order valence-electron chi connectivity index (χ4n) is 2.59. The second-order valence-corrected chi connectivity index (χ2v) is 4.86. The molecule has 0 aliphatic rings. The molecule has 1 aromatic heterocycles. The Morgan fingerprint density at radius 2 is 1.67 bits per heavy atom. The predicted molar refractivity (Wildman–Crippen MR) is 86.1 cm³/mol. The van der Waals surface area contributed by atoms with E-state index >= 15 is 0 Å². The Labute approximate surface area is 125 Å². The summed E-state index contributed by atoms with van der Waals surface area (Å²) >= 11 is 0. The summed E-state index contributed by atoms with van der Waals surface area (Å²) in [6.45, 7) is 7.17. The molecule has 0 unspecified atom stereocenters. The Morgan fingerprint density at radius 1 is 1.00 bits per heavy atom. The molecule has 4 N–H and O–H groups in total. The highest BCUT2D eigenvalue weighted by molar-refractivity contribution is 5.87. The number of rotatable bonds is 8. The first-order chi connectivity index (χ1) is 10.2. The number of aromatic nitrogens is 1. The van der Waals surface area contributed by atoms with Gasteiger partial charge in [0.1, 0.15) is 0 Å². The van der Waals surface area contributed by atoms with Gasteiger partial charge in [-0.05, 0) is 38.4 Å². The molecule has 0 atom stereocenters. The monoisotopic (exact) mass is 291 g/mol. The average Bonchev–Trinajstić information content (AvgIpc) is 2.78. The molecule has 0 fully saturated rings. The van der Waals surface area contributed by atoms with Gasteiger partial charge in [-0.25, -0.2) is 0 Å². The van der Waals surface area contributed by atoms with Crippen molar-refractivity contribution in [1.82, 2.24) is 4.57 Å². The number of ether oxygens (including phenoxy) is 2. The van der Waals surface area contributed by atoms with Crippen LogP contribution in [0.25, 0.3) is 10.9 Å². The first kappa shape index (κ1) is 15.7. The van der Waals surface area contributed by atoms with Gasteiger partial charge in [-0.2, -0.15) is 0 Å². The molecule has 2 aromatic rings. The minimum absolute atomic E-state index is 0.600. The van der Waals surface area contributed by atoms with Crippen LogP contribution in [0.1, 0.15) is 19.4 Å². The number of hydrogen-bond acceptors (Lipinski definition) is 4. The summed E-state index contributed by atoms with van der Waals surface area (Å²) in [5, 5.41) is 1.17. The van der Waals surface area contributed by atoms with E-state index in [1.54, 1.807) is 0 Å². The maximum absolute atomic E-state index is 5.72. The van der Waals surface area contributed by atoms with Crippen LogP contribution in [0.5, 0.6) is 11.5 Å². The highest BCUT2D eigenvalue weighted by Crippen LogP contribution is 2.35. The van der Waals surface area contributed by atoms with Crippen molar-refractivity contribution in [2.75, 3.05) is 26.3 Å². The summed E-state index contributed by atoms with van der Waals surface area (Å²) in [5.74, 6) is 1.57. The Kier molecular flexibility index (Phi) is 5.47. The highest BCUT2D eigenvalue weighted by Gasteiger charge is 2.14. The molecular formula is C16H25N3O2. The van der Waals surface area contributed by atoms with Crippen molar-refractivity contribution in [3.8, 4) is 11.5 Å². The topological polar surface area (TPSA) is 75.4 Å². The van der Waals surface area contributed by atoms with Gasteiger partial charge in [-0.1, -0.05) is 0 Å². The van der Waals surface area contributed by atoms with Crippen molar-refractivity contribution in [1.29, 1.82) is 0 Å². The lowest BCUT2D eigenvalue weighted by molar-refractivity contribution is 0.288. The van der Waals surface area contributed by atoms with Crippen molar-refractivity contribution in [3.05, 3.63) is 23.9 Å². The van der Waals surface area contributed by atoms with Crippen LogP contribution in [0, 0.1) is 0 Å². The molecule has 5 nitrogen and oxygen atoms in total. The highest BCUT2D eigenvalue weighted by atomic mass is 16.5. The third kappa shape index (κ3) is 3.31. The maximum Gasteiger partial charge on any atom is 0.163 e. The van der Waals surface area contributed by atoms with Crippen LogP contribution in [-0.4, -0.2) is 30.9 Å². The van der Waals surface area contributed by atoms with E-state index in [1.165, 1.54) is 10.9 Å². The second kappa shape index (κ2) is 7.33. The summed E-state index contributed by atoms with van der Waals surface area (Å²) in [4.78, 5) is 0. The second-order valence-electron chi connectivity index (χ2n) is 4.86. The lowest BCUT2D eigenvalue weighted by Crippen LogP contribution is -2.09.